The molecule has 5 heteroatoms. The summed E-state index contributed by atoms with van der Waals surface area (Å²) in [6, 6.07) is 20.7. The number of aromatic nitrogens is 1. The Morgan fingerprint density at radius 3 is 2.50 bits per heavy atom. The number of anilines is 2. The summed E-state index contributed by atoms with van der Waals surface area (Å²) in [5.41, 5.74) is 7.97. The molecule has 4 nitrogen and oxygen atoms in total. The average molecular weight is 365 g/mol. The van der Waals surface area contributed by atoms with Crippen LogP contribution in [0.2, 0.25) is 0 Å². The van der Waals surface area contributed by atoms with E-state index >= 15 is 0 Å². The maximum Gasteiger partial charge on any atom is 0.129 e. The lowest BCUT2D eigenvalue weighted by molar-refractivity contribution is 0.273. The molecule has 3 aromatic rings. The molecule has 1 aliphatic heterocycles. The molecule has 2 aromatic carbocycles. The van der Waals surface area contributed by atoms with Crippen LogP contribution in [0.1, 0.15) is 0 Å². The van der Waals surface area contributed by atoms with Gasteiger partial charge in [0.1, 0.15) is 5.82 Å². The second-order valence-corrected chi connectivity index (χ2v) is 7.71. The third kappa shape index (κ3) is 3.94. The number of para-hydroxylation sites is 2. The molecule has 1 aliphatic rings. The molecule has 26 heavy (non-hydrogen) atoms. The monoisotopic (exact) mass is 364 g/mol. The van der Waals surface area contributed by atoms with Crippen LogP contribution in [0.25, 0.3) is 10.9 Å². The average Bonchev–Trinajstić information content (AvgIpc) is 2.70. The normalized spacial score (nSPS) is 15.5. The molecule has 4 rings (SSSR count). The van der Waals surface area contributed by atoms with Gasteiger partial charge in [0.05, 0.1) is 5.52 Å². The lowest BCUT2D eigenvalue weighted by Crippen LogP contribution is -2.47. The van der Waals surface area contributed by atoms with E-state index in [0.717, 1.165) is 55.5 Å². The van der Waals surface area contributed by atoms with Crippen molar-refractivity contribution in [3.8, 4) is 0 Å². The molecule has 0 amide bonds. The predicted molar refractivity (Wildman–Crippen MR) is 112 cm³/mol. The Morgan fingerprint density at radius 2 is 1.65 bits per heavy atom. The molecule has 0 aliphatic carbocycles. The standard InChI is InChI=1S/C21H24N4S/c22-18-6-2-4-8-20(18)26-16-15-24-11-13-25(14-12-24)21-10-9-17-5-1-3-7-19(17)23-21/h1-10H,11-16,22H2. The summed E-state index contributed by atoms with van der Waals surface area (Å²) in [4.78, 5) is 10.9. The highest BCUT2D eigenvalue weighted by Gasteiger charge is 2.18. The fraction of sp³-hybridized carbons (Fsp3) is 0.286. The van der Waals surface area contributed by atoms with Gasteiger partial charge in [-0.15, -0.1) is 11.8 Å². The van der Waals surface area contributed by atoms with E-state index in [1.807, 2.05) is 36.0 Å². The predicted octanol–water partition coefficient (Wildman–Crippen LogP) is 3.73. The second-order valence-electron chi connectivity index (χ2n) is 6.58. The minimum Gasteiger partial charge on any atom is -0.398 e. The molecule has 0 bridgehead atoms. The van der Waals surface area contributed by atoms with Crippen molar-refractivity contribution in [1.29, 1.82) is 0 Å². The number of hydrogen-bond acceptors (Lipinski definition) is 5. The molecule has 0 spiro atoms. The molecular formula is C21H24N4S. The van der Waals surface area contributed by atoms with Gasteiger partial charge in [0, 0.05) is 54.4 Å². The molecule has 0 radical (unpaired) electrons. The zero-order chi connectivity index (χ0) is 17.8. The first kappa shape index (κ1) is 17.2. The first-order chi connectivity index (χ1) is 12.8. The number of nitrogens with zero attached hydrogens (tertiary/aromatic N) is 3. The first-order valence-corrected chi connectivity index (χ1v) is 10.1. The van der Waals surface area contributed by atoms with Crippen LogP contribution in [-0.4, -0.2) is 48.4 Å². The number of thioether (sulfide) groups is 1. The molecule has 2 heterocycles. The summed E-state index contributed by atoms with van der Waals surface area (Å²) in [7, 11) is 0. The maximum absolute atomic E-state index is 6.01. The smallest absolute Gasteiger partial charge is 0.129 e. The van der Waals surface area contributed by atoms with Crippen LogP contribution in [0, 0.1) is 0 Å². The van der Waals surface area contributed by atoms with Crippen molar-refractivity contribution in [3.05, 3.63) is 60.7 Å². The highest BCUT2D eigenvalue weighted by molar-refractivity contribution is 7.99. The first-order valence-electron chi connectivity index (χ1n) is 9.10. The van der Waals surface area contributed by atoms with Crippen molar-refractivity contribution < 1.29 is 0 Å². The summed E-state index contributed by atoms with van der Waals surface area (Å²) in [6.45, 7) is 5.32. The van der Waals surface area contributed by atoms with E-state index in [1.165, 1.54) is 10.3 Å². The quantitative estimate of drug-likeness (QED) is 0.552. The van der Waals surface area contributed by atoms with Gasteiger partial charge in [-0.2, -0.15) is 0 Å². The van der Waals surface area contributed by atoms with Crippen molar-refractivity contribution >= 4 is 34.2 Å². The van der Waals surface area contributed by atoms with E-state index in [-0.39, 0.29) is 0 Å². The van der Waals surface area contributed by atoms with E-state index < -0.39 is 0 Å². The van der Waals surface area contributed by atoms with Gasteiger partial charge in [-0.05, 0) is 30.3 Å². The van der Waals surface area contributed by atoms with Crippen molar-refractivity contribution in [2.75, 3.05) is 49.1 Å². The van der Waals surface area contributed by atoms with E-state index in [2.05, 4.69) is 46.2 Å². The largest absolute Gasteiger partial charge is 0.398 e. The topological polar surface area (TPSA) is 45.4 Å². The minimum atomic E-state index is 0.879. The Kier molecular flexibility index (Phi) is 5.27. The van der Waals surface area contributed by atoms with Gasteiger partial charge in [0.25, 0.3) is 0 Å². The molecule has 1 saturated heterocycles. The molecule has 0 atom stereocenters. The van der Waals surface area contributed by atoms with Crippen LogP contribution < -0.4 is 10.6 Å². The highest BCUT2D eigenvalue weighted by atomic mass is 32.2. The molecule has 0 unspecified atom stereocenters. The molecule has 1 fully saturated rings. The van der Waals surface area contributed by atoms with Gasteiger partial charge in [0.15, 0.2) is 0 Å². The van der Waals surface area contributed by atoms with Crippen molar-refractivity contribution in [3.63, 3.8) is 0 Å². The number of nitrogens with two attached hydrogens (primary N) is 1. The number of fused-ring (bicyclic) bond motifs is 1. The SMILES string of the molecule is Nc1ccccc1SCCN1CCN(c2ccc3ccccc3n2)CC1. The van der Waals surface area contributed by atoms with Crippen LogP contribution >= 0.6 is 11.8 Å². The van der Waals surface area contributed by atoms with E-state index in [9.17, 15) is 0 Å². The zero-order valence-corrected chi connectivity index (χ0v) is 15.7. The number of nitrogen functional groups attached to an aromatic ring is 1. The van der Waals surface area contributed by atoms with Crippen LogP contribution in [-0.2, 0) is 0 Å². The van der Waals surface area contributed by atoms with Gasteiger partial charge >= 0.3 is 0 Å². The van der Waals surface area contributed by atoms with Crippen molar-refractivity contribution in [1.82, 2.24) is 9.88 Å². The van der Waals surface area contributed by atoms with E-state index in [4.69, 9.17) is 10.7 Å². The molecule has 134 valence electrons. The fourth-order valence-electron chi connectivity index (χ4n) is 3.33. The summed E-state index contributed by atoms with van der Waals surface area (Å²) in [6.07, 6.45) is 0. The third-order valence-electron chi connectivity index (χ3n) is 4.86. The molecular weight excluding hydrogens is 340 g/mol. The second kappa shape index (κ2) is 7.98. The Morgan fingerprint density at radius 1 is 0.885 bits per heavy atom. The van der Waals surface area contributed by atoms with Gasteiger partial charge in [-0.3, -0.25) is 4.90 Å². The number of benzene rings is 2. The summed E-state index contributed by atoms with van der Waals surface area (Å²) in [5, 5.41) is 1.20. The summed E-state index contributed by atoms with van der Waals surface area (Å²) >= 11 is 1.85. The molecule has 1 aromatic heterocycles. The Balaban J connectivity index is 1.29. The third-order valence-corrected chi connectivity index (χ3v) is 5.93. The van der Waals surface area contributed by atoms with Gasteiger partial charge in [0.2, 0.25) is 0 Å². The zero-order valence-electron chi connectivity index (χ0n) is 14.8. The van der Waals surface area contributed by atoms with E-state index in [1.54, 1.807) is 0 Å². The molecule has 0 saturated carbocycles. The van der Waals surface area contributed by atoms with Gasteiger partial charge in [-0.1, -0.05) is 30.3 Å². The summed E-state index contributed by atoms with van der Waals surface area (Å²) < 4.78 is 0. The lowest BCUT2D eigenvalue weighted by atomic mass is 10.2. The van der Waals surface area contributed by atoms with Gasteiger partial charge in [-0.25, -0.2) is 4.98 Å². The van der Waals surface area contributed by atoms with Crippen molar-refractivity contribution in [2.24, 2.45) is 0 Å². The van der Waals surface area contributed by atoms with Crippen LogP contribution in [0.15, 0.2) is 65.6 Å². The van der Waals surface area contributed by atoms with Gasteiger partial charge < -0.3 is 10.6 Å². The van der Waals surface area contributed by atoms with E-state index in [0.29, 0.717) is 0 Å². The number of rotatable bonds is 5. The van der Waals surface area contributed by atoms with Crippen LogP contribution in [0.3, 0.4) is 0 Å². The summed E-state index contributed by atoms with van der Waals surface area (Å²) in [5.74, 6) is 2.16. The Bertz CT molecular complexity index is 875. The van der Waals surface area contributed by atoms with Crippen molar-refractivity contribution in [2.45, 2.75) is 4.90 Å². The number of hydrogen-bond donors (Lipinski definition) is 1. The highest BCUT2D eigenvalue weighted by Crippen LogP contribution is 2.24. The Labute approximate surface area is 159 Å². The number of piperazine rings is 1. The van der Waals surface area contributed by atoms with Crippen LogP contribution in [0.5, 0.6) is 0 Å². The Hall–Kier alpha value is -2.24. The lowest BCUT2D eigenvalue weighted by Gasteiger charge is -2.35. The molecule has 2 N–H and O–H groups in total. The minimum absolute atomic E-state index is 0.879. The number of pyridine rings is 1. The maximum atomic E-state index is 6.01. The van der Waals surface area contributed by atoms with Crippen LogP contribution in [0.4, 0.5) is 11.5 Å². The fourth-order valence-corrected chi connectivity index (χ4v) is 4.31.